The van der Waals surface area contributed by atoms with Crippen LogP contribution in [0.3, 0.4) is 0 Å². The Balaban J connectivity index is 1.61. The van der Waals surface area contributed by atoms with E-state index in [0.29, 0.717) is 13.0 Å². The van der Waals surface area contributed by atoms with Gasteiger partial charge in [0.25, 0.3) is 0 Å². The maximum Gasteiger partial charge on any atom is 0.222 e. The SMILES string of the molecule is COc1ccc(CN(C)C(=O)CCc2cccc3ccccc23)cc1. The number of nitrogens with zero attached hydrogens (tertiary/aromatic N) is 1. The number of ether oxygens (including phenoxy) is 1. The van der Waals surface area contributed by atoms with Gasteiger partial charge in [-0.1, -0.05) is 54.6 Å². The molecule has 0 aromatic heterocycles. The summed E-state index contributed by atoms with van der Waals surface area (Å²) in [6.07, 6.45) is 1.27. The van der Waals surface area contributed by atoms with Crippen molar-refractivity contribution in [3.8, 4) is 5.75 Å². The van der Waals surface area contributed by atoms with Gasteiger partial charge in [-0.25, -0.2) is 0 Å². The monoisotopic (exact) mass is 333 g/mol. The summed E-state index contributed by atoms with van der Waals surface area (Å²) in [5.74, 6) is 0.984. The van der Waals surface area contributed by atoms with E-state index in [4.69, 9.17) is 4.74 Å². The first-order valence-corrected chi connectivity index (χ1v) is 8.51. The number of methoxy groups -OCH3 is 1. The van der Waals surface area contributed by atoms with Crippen LogP contribution in [0.5, 0.6) is 5.75 Å². The second-order valence-corrected chi connectivity index (χ2v) is 6.24. The van der Waals surface area contributed by atoms with Crippen LogP contribution in [0.15, 0.2) is 66.7 Å². The van der Waals surface area contributed by atoms with Gasteiger partial charge in [-0.3, -0.25) is 4.79 Å². The van der Waals surface area contributed by atoms with Gasteiger partial charge in [-0.2, -0.15) is 0 Å². The van der Waals surface area contributed by atoms with Gasteiger partial charge in [0.2, 0.25) is 5.91 Å². The van der Waals surface area contributed by atoms with Crippen molar-refractivity contribution in [3.63, 3.8) is 0 Å². The van der Waals surface area contributed by atoms with Gasteiger partial charge >= 0.3 is 0 Å². The van der Waals surface area contributed by atoms with Gasteiger partial charge in [-0.15, -0.1) is 0 Å². The van der Waals surface area contributed by atoms with Crippen LogP contribution in [0, 0.1) is 0 Å². The summed E-state index contributed by atoms with van der Waals surface area (Å²) in [5, 5.41) is 2.45. The van der Waals surface area contributed by atoms with Crippen LogP contribution in [-0.4, -0.2) is 25.0 Å². The zero-order chi connectivity index (χ0) is 17.6. The largest absolute Gasteiger partial charge is 0.497 e. The van der Waals surface area contributed by atoms with Crippen molar-refractivity contribution < 1.29 is 9.53 Å². The first kappa shape index (κ1) is 17.0. The molecule has 1 amide bonds. The average Bonchev–Trinajstić information content (AvgIpc) is 2.66. The first-order chi connectivity index (χ1) is 12.2. The highest BCUT2D eigenvalue weighted by Crippen LogP contribution is 2.20. The molecular weight excluding hydrogens is 310 g/mol. The molecule has 0 fully saturated rings. The van der Waals surface area contributed by atoms with E-state index in [-0.39, 0.29) is 5.91 Å². The molecule has 0 saturated heterocycles. The molecule has 0 heterocycles. The number of aryl methyl sites for hydroxylation is 1. The third-order valence-corrected chi connectivity index (χ3v) is 4.49. The Morgan fingerprint density at radius 2 is 1.68 bits per heavy atom. The fourth-order valence-corrected chi connectivity index (χ4v) is 3.04. The summed E-state index contributed by atoms with van der Waals surface area (Å²) in [6, 6.07) is 22.4. The molecular formula is C22H23NO2. The molecule has 0 aliphatic rings. The van der Waals surface area contributed by atoms with Crippen molar-refractivity contribution in [2.45, 2.75) is 19.4 Å². The van der Waals surface area contributed by atoms with E-state index >= 15 is 0 Å². The number of hydrogen-bond acceptors (Lipinski definition) is 2. The predicted octanol–water partition coefficient (Wildman–Crippen LogP) is 4.44. The minimum absolute atomic E-state index is 0.156. The molecule has 3 aromatic rings. The van der Waals surface area contributed by atoms with Crippen LogP contribution in [0.1, 0.15) is 17.5 Å². The van der Waals surface area contributed by atoms with E-state index in [0.717, 1.165) is 17.7 Å². The smallest absolute Gasteiger partial charge is 0.222 e. The lowest BCUT2D eigenvalue weighted by Crippen LogP contribution is -2.26. The van der Waals surface area contributed by atoms with Crippen LogP contribution in [-0.2, 0) is 17.8 Å². The fraction of sp³-hybridized carbons (Fsp3) is 0.227. The number of rotatable bonds is 6. The van der Waals surface area contributed by atoms with Crippen LogP contribution in [0.25, 0.3) is 10.8 Å². The van der Waals surface area contributed by atoms with Crippen LogP contribution < -0.4 is 4.74 Å². The molecule has 3 aromatic carbocycles. The summed E-state index contributed by atoms with van der Waals surface area (Å²) < 4.78 is 5.16. The Labute approximate surface area is 148 Å². The molecule has 0 aliphatic carbocycles. The Hall–Kier alpha value is -2.81. The highest BCUT2D eigenvalue weighted by Gasteiger charge is 2.10. The van der Waals surface area contributed by atoms with Crippen molar-refractivity contribution in [1.29, 1.82) is 0 Å². The topological polar surface area (TPSA) is 29.5 Å². The molecule has 0 aliphatic heterocycles. The van der Waals surface area contributed by atoms with Gasteiger partial charge in [0.15, 0.2) is 0 Å². The zero-order valence-electron chi connectivity index (χ0n) is 14.7. The summed E-state index contributed by atoms with van der Waals surface area (Å²) in [5.41, 5.74) is 2.33. The van der Waals surface area contributed by atoms with E-state index in [1.165, 1.54) is 16.3 Å². The van der Waals surface area contributed by atoms with Crippen molar-refractivity contribution in [3.05, 3.63) is 77.9 Å². The predicted molar refractivity (Wildman–Crippen MR) is 102 cm³/mol. The average molecular weight is 333 g/mol. The van der Waals surface area contributed by atoms with E-state index in [2.05, 4.69) is 30.3 Å². The maximum absolute atomic E-state index is 12.5. The molecule has 0 saturated carbocycles. The standard InChI is InChI=1S/C22H23NO2/c1-23(16-17-10-13-20(25-2)14-11-17)22(24)15-12-19-8-5-7-18-6-3-4-9-21(18)19/h3-11,13-14H,12,15-16H2,1-2H3. The number of amides is 1. The van der Waals surface area contributed by atoms with Crippen LogP contribution in [0.2, 0.25) is 0 Å². The van der Waals surface area contributed by atoms with Gasteiger partial charge in [-0.05, 0) is 40.5 Å². The maximum atomic E-state index is 12.5. The lowest BCUT2D eigenvalue weighted by molar-refractivity contribution is -0.130. The molecule has 3 heteroatoms. The van der Waals surface area contributed by atoms with Crippen molar-refractivity contribution in [2.75, 3.05) is 14.2 Å². The minimum Gasteiger partial charge on any atom is -0.497 e. The molecule has 3 rings (SSSR count). The van der Waals surface area contributed by atoms with E-state index in [9.17, 15) is 4.79 Å². The highest BCUT2D eigenvalue weighted by molar-refractivity contribution is 5.86. The number of carbonyl (C=O) groups is 1. The fourth-order valence-electron chi connectivity index (χ4n) is 3.04. The van der Waals surface area contributed by atoms with Crippen LogP contribution in [0.4, 0.5) is 0 Å². The Morgan fingerprint density at radius 1 is 0.960 bits per heavy atom. The van der Waals surface area contributed by atoms with Crippen molar-refractivity contribution in [2.24, 2.45) is 0 Å². The quantitative estimate of drug-likeness (QED) is 0.667. The van der Waals surface area contributed by atoms with Gasteiger partial charge in [0.1, 0.15) is 5.75 Å². The molecule has 0 N–H and O–H groups in total. The Morgan fingerprint density at radius 3 is 2.44 bits per heavy atom. The molecule has 25 heavy (non-hydrogen) atoms. The van der Waals surface area contributed by atoms with E-state index in [1.807, 2.05) is 43.4 Å². The van der Waals surface area contributed by atoms with E-state index < -0.39 is 0 Å². The third kappa shape index (κ3) is 4.18. The second-order valence-electron chi connectivity index (χ2n) is 6.24. The minimum atomic E-state index is 0.156. The molecule has 0 spiro atoms. The third-order valence-electron chi connectivity index (χ3n) is 4.49. The number of carbonyl (C=O) groups excluding carboxylic acids is 1. The molecule has 0 radical (unpaired) electrons. The van der Waals surface area contributed by atoms with Crippen molar-refractivity contribution in [1.82, 2.24) is 4.90 Å². The van der Waals surface area contributed by atoms with Gasteiger partial charge < -0.3 is 9.64 Å². The van der Waals surface area contributed by atoms with Gasteiger partial charge in [0, 0.05) is 20.0 Å². The number of hydrogen-bond donors (Lipinski definition) is 0. The summed E-state index contributed by atoms with van der Waals surface area (Å²) in [6.45, 7) is 0.609. The number of fused-ring (bicyclic) bond motifs is 1. The van der Waals surface area contributed by atoms with Crippen molar-refractivity contribution >= 4 is 16.7 Å². The van der Waals surface area contributed by atoms with Gasteiger partial charge in [0.05, 0.1) is 7.11 Å². The second kappa shape index (κ2) is 7.84. The molecule has 0 atom stereocenters. The Kier molecular flexibility index (Phi) is 5.34. The highest BCUT2D eigenvalue weighted by atomic mass is 16.5. The first-order valence-electron chi connectivity index (χ1n) is 8.51. The van der Waals surface area contributed by atoms with Crippen LogP contribution >= 0.6 is 0 Å². The lowest BCUT2D eigenvalue weighted by Gasteiger charge is -2.18. The Bertz CT molecular complexity index is 850. The summed E-state index contributed by atoms with van der Waals surface area (Å²) >= 11 is 0. The molecule has 128 valence electrons. The number of benzene rings is 3. The zero-order valence-corrected chi connectivity index (χ0v) is 14.7. The normalized spacial score (nSPS) is 10.6. The lowest BCUT2D eigenvalue weighted by atomic mass is 10.0. The molecule has 3 nitrogen and oxygen atoms in total. The summed E-state index contributed by atoms with van der Waals surface area (Å²) in [7, 11) is 3.51. The molecule has 0 bridgehead atoms. The van der Waals surface area contributed by atoms with E-state index in [1.54, 1.807) is 12.0 Å². The molecule has 0 unspecified atom stereocenters. The summed E-state index contributed by atoms with van der Waals surface area (Å²) in [4.78, 5) is 14.3.